The van der Waals surface area contributed by atoms with Gasteiger partial charge in [0.25, 0.3) is 11.8 Å². The molecular weight excluding hydrogens is 300 g/mol. The lowest BCUT2D eigenvalue weighted by molar-refractivity contribution is 0.0639. The van der Waals surface area contributed by atoms with Crippen molar-refractivity contribution in [3.05, 3.63) is 23.5 Å². The SMILES string of the molecule is CC(C)N1CCn2nnc(CNC(=O)c3ncn(C)n3)c2C1=O. The topological polar surface area (TPSA) is 111 Å². The molecule has 3 rings (SSSR count). The van der Waals surface area contributed by atoms with Crippen LogP contribution in [0.3, 0.4) is 0 Å². The Bertz CT molecular complexity index is 747. The van der Waals surface area contributed by atoms with Crippen LogP contribution in [0.4, 0.5) is 0 Å². The second-order valence-electron chi connectivity index (χ2n) is 5.62. The fourth-order valence-electron chi connectivity index (χ4n) is 2.48. The van der Waals surface area contributed by atoms with E-state index in [0.717, 1.165) is 0 Å². The van der Waals surface area contributed by atoms with E-state index in [1.165, 1.54) is 11.0 Å². The summed E-state index contributed by atoms with van der Waals surface area (Å²) in [5.41, 5.74) is 0.879. The molecule has 0 atom stereocenters. The molecule has 0 aliphatic carbocycles. The molecule has 1 aliphatic heterocycles. The van der Waals surface area contributed by atoms with Crippen molar-refractivity contribution < 1.29 is 9.59 Å². The highest BCUT2D eigenvalue weighted by Crippen LogP contribution is 2.16. The summed E-state index contributed by atoms with van der Waals surface area (Å²) in [5.74, 6) is -0.462. The summed E-state index contributed by atoms with van der Waals surface area (Å²) in [6.07, 6.45) is 1.44. The number of hydrogen-bond acceptors (Lipinski definition) is 6. The summed E-state index contributed by atoms with van der Waals surface area (Å²) in [5, 5.41) is 14.6. The van der Waals surface area contributed by atoms with Gasteiger partial charge >= 0.3 is 0 Å². The standard InChI is InChI=1S/C13H18N8O2/c1-8(2)20-4-5-21-10(13(20)23)9(16-18-21)6-14-12(22)11-15-7-19(3)17-11/h7-8H,4-6H2,1-3H3,(H,14,22). The van der Waals surface area contributed by atoms with E-state index in [-0.39, 0.29) is 24.3 Å². The lowest BCUT2D eigenvalue weighted by Gasteiger charge is -2.30. The molecular formula is C13H18N8O2. The second-order valence-corrected chi connectivity index (χ2v) is 5.62. The fourth-order valence-corrected chi connectivity index (χ4v) is 2.48. The second kappa shape index (κ2) is 5.78. The van der Waals surface area contributed by atoms with Crippen molar-refractivity contribution in [2.24, 2.45) is 7.05 Å². The molecule has 10 heteroatoms. The van der Waals surface area contributed by atoms with Crippen molar-refractivity contribution in [1.29, 1.82) is 0 Å². The Morgan fingerprint density at radius 2 is 2.17 bits per heavy atom. The van der Waals surface area contributed by atoms with Crippen LogP contribution < -0.4 is 5.32 Å². The van der Waals surface area contributed by atoms with E-state index in [1.807, 2.05) is 13.8 Å². The minimum Gasteiger partial charge on any atom is -0.343 e. The van der Waals surface area contributed by atoms with Gasteiger partial charge in [-0.1, -0.05) is 5.21 Å². The first-order chi connectivity index (χ1) is 11.0. The van der Waals surface area contributed by atoms with Gasteiger partial charge in [0, 0.05) is 19.6 Å². The Morgan fingerprint density at radius 1 is 1.39 bits per heavy atom. The molecule has 3 heterocycles. The van der Waals surface area contributed by atoms with Gasteiger partial charge in [-0.25, -0.2) is 9.67 Å². The van der Waals surface area contributed by atoms with Gasteiger partial charge in [-0.2, -0.15) is 0 Å². The Kier molecular flexibility index (Phi) is 3.80. The quantitative estimate of drug-likeness (QED) is 0.790. The Morgan fingerprint density at radius 3 is 2.83 bits per heavy atom. The average Bonchev–Trinajstić information content (AvgIpc) is 3.11. The summed E-state index contributed by atoms with van der Waals surface area (Å²) < 4.78 is 3.03. The van der Waals surface area contributed by atoms with Gasteiger partial charge in [0.15, 0.2) is 5.69 Å². The first kappa shape index (κ1) is 15.1. The monoisotopic (exact) mass is 318 g/mol. The van der Waals surface area contributed by atoms with E-state index >= 15 is 0 Å². The molecule has 10 nitrogen and oxygen atoms in total. The summed E-state index contributed by atoms with van der Waals surface area (Å²) in [4.78, 5) is 30.2. The van der Waals surface area contributed by atoms with Crippen LogP contribution in [-0.4, -0.2) is 59.1 Å². The number of fused-ring (bicyclic) bond motifs is 1. The third-order valence-electron chi connectivity index (χ3n) is 3.66. The Hall–Kier alpha value is -2.78. The summed E-state index contributed by atoms with van der Waals surface area (Å²) >= 11 is 0. The molecule has 0 radical (unpaired) electrons. The first-order valence-electron chi connectivity index (χ1n) is 7.34. The molecule has 0 fully saturated rings. The van der Waals surface area contributed by atoms with Crippen molar-refractivity contribution in [2.75, 3.05) is 6.54 Å². The average molecular weight is 318 g/mol. The summed E-state index contributed by atoms with van der Waals surface area (Å²) in [7, 11) is 1.68. The maximum Gasteiger partial charge on any atom is 0.291 e. The first-order valence-corrected chi connectivity index (χ1v) is 7.34. The number of amides is 2. The molecule has 2 aromatic rings. The van der Waals surface area contributed by atoms with E-state index in [0.29, 0.717) is 24.5 Å². The highest BCUT2D eigenvalue weighted by molar-refractivity contribution is 5.95. The van der Waals surface area contributed by atoms with Gasteiger partial charge in [0.2, 0.25) is 5.82 Å². The molecule has 0 aromatic carbocycles. The van der Waals surface area contributed by atoms with Crippen LogP contribution in [0.1, 0.15) is 40.6 Å². The third-order valence-corrected chi connectivity index (χ3v) is 3.66. The predicted molar refractivity (Wildman–Crippen MR) is 78.4 cm³/mol. The van der Waals surface area contributed by atoms with Crippen LogP contribution in [0, 0.1) is 0 Å². The smallest absolute Gasteiger partial charge is 0.291 e. The molecule has 2 aromatic heterocycles. The maximum absolute atomic E-state index is 12.5. The number of hydrogen-bond donors (Lipinski definition) is 1. The highest BCUT2D eigenvalue weighted by atomic mass is 16.2. The van der Waals surface area contributed by atoms with Crippen LogP contribution in [0.2, 0.25) is 0 Å². The minimum absolute atomic E-state index is 0.0728. The van der Waals surface area contributed by atoms with E-state index < -0.39 is 5.91 Å². The van der Waals surface area contributed by atoms with E-state index in [2.05, 4.69) is 25.7 Å². The Balaban J connectivity index is 1.74. The van der Waals surface area contributed by atoms with E-state index in [9.17, 15) is 9.59 Å². The molecule has 122 valence electrons. The molecule has 0 saturated heterocycles. The zero-order valence-electron chi connectivity index (χ0n) is 13.2. The van der Waals surface area contributed by atoms with Gasteiger partial charge in [-0.3, -0.25) is 14.3 Å². The van der Waals surface area contributed by atoms with Crippen LogP contribution in [0.15, 0.2) is 6.33 Å². The normalized spacial score (nSPS) is 14.3. The lowest BCUT2D eigenvalue weighted by atomic mass is 10.2. The van der Waals surface area contributed by atoms with Gasteiger partial charge in [-0.05, 0) is 13.8 Å². The zero-order valence-corrected chi connectivity index (χ0v) is 13.2. The fraction of sp³-hybridized carbons (Fsp3) is 0.538. The van der Waals surface area contributed by atoms with Crippen molar-refractivity contribution >= 4 is 11.8 Å². The number of carbonyl (C=O) groups excluding carboxylic acids is 2. The molecule has 1 aliphatic rings. The highest BCUT2D eigenvalue weighted by Gasteiger charge is 2.31. The molecule has 0 spiro atoms. The van der Waals surface area contributed by atoms with Crippen molar-refractivity contribution in [1.82, 2.24) is 40.0 Å². The number of nitrogens with one attached hydrogen (secondary N) is 1. The van der Waals surface area contributed by atoms with E-state index in [4.69, 9.17) is 0 Å². The molecule has 0 unspecified atom stereocenters. The van der Waals surface area contributed by atoms with Crippen LogP contribution >= 0.6 is 0 Å². The largest absolute Gasteiger partial charge is 0.343 e. The van der Waals surface area contributed by atoms with Crippen molar-refractivity contribution in [3.8, 4) is 0 Å². The van der Waals surface area contributed by atoms with Gasteiger partial charge in [0.1, 0.15) is 12.0 Å². The number of aromatic nitrogens is 6. The van der Waals surface area contributed by atoms with Crippen molar-refractivity contribution in [2.45, 2.75) is 33.0 Å². The number of aryl methyl sites for hydroxylation is 1. The lowest BCUT2D eigenvalue weighted by Crippen LogP contribution is -2.45. The molecule has 0 bridgehead atoms. The maximum atomic E-state index is 12.5. The summed E-state index contributed by atoms with van der Waals surface area (Å²) in [6.45, 7) is 5.24. The molecule has 0 saturated carbocycles. The zero-order chi connectivity index (χ0) is 16.6. The third kappa shape index (κ3) is 2.79. The number of carbonyl (C=O) groups is 2. The predicted octanol–water partition coefficient (Wildman–Crippen LogP) is -0.799. The van der Waals surface area contributed by atoms with Gasteiger partial charge in [0.05, 0.1) is 13.1 Å². The molecule has 2 amide bonds. The number of nitrogens with zero attached hydrogens (tertiary/aromatic N) is 7. The van der Waals surface area contributed by atoms with Crippen molar-refractivity contribution in [3.63, 3.8) is 0 Å². The molecule has 1 N–H and O–H groups in total. The van der Waals surface area contributed by atoms with Crippen LogP contribution in [0.5, 0.6) is 0 Å². The Labute approximate surface area is 132 Å². The van der Waals surface area contributed by atoms with Gasteiger partial charge in [-0.15, -0.1) is 10.2 Å². The van der Waals surface area contributed by atoms with Crippen LogP contribution in [-0.2, 0) is 20.1 Å². The van der Waals surface area contributed by atoms with Crippen LogP contribution in [0.25, 0.3) is 0 Å². The van der Waals surface area contributed by atoms with Gasteiger partial charge < -0.3 is 10.2 Å². The van der Waals surface area contributed by atoms with E-state index in [1.54, 1.807) is 16.6 Å². The molecule has 23 heavy (non-hydrogen) atoms. The minimum atomic E-state index is -0.420. The number of rotatable bonds is 4. The summed E-state index contributed by atoms with van der Waals surface area (Å²) in [6, 6.07) is 0.103.